The lowest BCUT2D eigenvalue weighted by molar-refractivity contribution is -0.126. The van der Waals surface area contributed by atoms with Crippen LogP contribution in [0, 0.1) is 26.7 Å². The number of hydrogen-bond acceptors (Lipinski definition) is 3. The van der Waals surface area contributed by atoms with Crippen molar-refractivity contribution in [1.29, 1.82) is 0 Å². The van der Waals surface area contributed by atoms with E-state index < -0.39 is 10.0 Å². The van der Waals surface area contributed by atoms with E-state index in [-0.39, 0.29) is 23.6 Å². The van der Waals surface area contributed by atoms with E-state index in [4.69, 9.17) is 0 Å². The number of benzene rings is 2. The molecule has 0 saturated carbocycles. The van der Waals surface area contributed by atoms with Gasteiger partial charge in [0.05, 0.1) is 11.8 Å². The first-order chi connectivity index (χ1) is 14.2. The largest absolute Gasteiger partial charge is 0.349 e. The van der Waals surface area contributed by atoms with Gasteiger partial charge in [-0.3, -0.25) is 4.79 Å². The van der Waals surface area contributed by atoms with Gasteiger partial charge in [0.2, 0.25) is 15.9 Å². The van der Waals surface area contributed by atoms with Crippen molar-refractivity contribution >= 4 is 15.9 Å². The van der Waals surface area contributed by atoms with Crippen LogP contribution in [0.4, 0.5) is 0 Å². The lowest BCUT2D eigenvalue weighted by Gasteiger charge is -2.31. The second-order valence-corrected chi connectivity index (χ2v) is 10.5. The van der Waals surface area contributed by atoms with Gasteiger partial charge in [-0.2, -0.15) is 0 Å². The van der Waals surface area contributed by atoms with E-state index >= 15 is 0 Å². The Kier molecular flexibility index (Phi) is 6.98. The van der Waals surface area contributed by atoms with Crippen LogP contribution in [0.25, 0.3) is 0 Å². The third kappa shape index (κ3) is 5.49. The fourth-order valence-electron chi connectivity index (χ4n) is 4.10. The van der Waals surface area contributed by atoms with Gasteiger partial charge in [-0.15, -0.1) is 0 Å². The van der Waals surface area contributed by atoms with E-state index in [0.29, 0.717) is 25.9 Å². The number of nitrogens with zero attached hydrogens (tertiary/aromatic N) is 1. The van der Waals surface area contributed by atoms with E-state index in [0.717, 1.165) is 16.7 Å². The summed E-state index contributed by atoms with van der Waals surface area (Å²) in [5, 5.41) is 3.12. The maximum absolute atomic E-state index is 12.8. The molecule has 0 spiro atoms. The molecule has 0 unspecified atom stereocenters. The maximum atomic E-state index is 12.8. The minimum absolute atomic E-state index is 0.00782. The monoisotopic (exact) mass is 428 g/mol. The zero-order chi connectivity index (χ0) is 21.9. The molecule has 1 saturated heterocycles. The van der Waals surface area contributed by atoms with Crippen LogP contribution in [-0.2, 0) is 20.6 Å². The quantitative estimate of drug-likeness (QED) is 0.755. The first-order valence-electron chi connectivity index (χ1n) is 10.6. The second kappa shape index (κ2) is 9.31. The van der Waals surface area contributed by atoms with Gasteiger partial charge in [-0.1, -0.05) is 53.6 Å². The predicted octanol–water partition coefficient (Wildman–Crippen LogP) is 4.03. The summed E-state index contributed by atoms with van der Waals surface area (Å²) in [5.41, 5.74) is 5.39. The summed E-state index contributed by atoms with van der Waals surface area (Å²) in [4.78, 5) is 12.8. The molecule has 1 fully saturated rings. The molecule has 0 aromatic heterocycles. The molecule has 0 radical (unpaired) electrons. The van der Waals surface area contributed by atoms with Crippen LogP contribution in [0.5, 0.6) is 0 Å². The molecule has 162 valence electrons. The minimum Gasteiger partial charge on any atom is -0.349 e. The summed E-state index contributed by atoms with van der Waals surface area (Å²) in [6.07, 6.45) is 1.11. The van der Waals surface area contributed by atoms with E-state index in [2.05, 4.69) is 37.4 Å². The molecule has 0 bridgehead atoms. The van der Waals surface area contributed by atoms with Crippen molar-refractivity contribution in [3.05, 3.63) is 70.3 Å². The number of aryl methyl sites for hydroxylation is 3. The van der Waals surface area contributed by atoms with Crippen LogP contribution in [0.15, 0.2) is 42.5 Å². The van der Waals surface area contributed by atoms with Crippen molar-refractivity contribution in [1.82, 2.24) is 9.62 Å². The molecule has 6 heteroatoms. The highest BCUT2D eigenvalue weighted by Gasteiger charge is 2.31. The first-order valence-corrected chi connectivity index (χ1v) is 12.2. The average molecular weight is 429 g/mol. The summed E-state index contributed by atoms with van der Waals surface area (Å²) in [7, 11) is -3.37. The molecule has 30 heavy (non-hydrogen) atoms. The fraction of sp³-hybridized carbons (Fsp3) is 0.458. The Labute approximate surface area is 180 Å². The van der Waals surface area contributed by atoms with Gasteiger partial charge in [0.1, 0.15) is 0 Å². The van der Waals surface area contributed by atoms with E-state index in [9.17, 15) is 13.2 Å². The van der Waals surface area contributed by atoms with Crippen LogP contribution in [0.1, 0.15) is 53.6 Å². The number of nitrogens with one attached hydrogen (secondary N) is 1. The van der Waals surface area contributed by atoms with Crippen molar-refractivity contribution in [3.8, 4) is 0 Å². The van der Waals surface area contributed by atoms with Crippen molar-refractivity contribution in [2.45, 2.75) is 52.3 Å². The van der Waals surface area contributed by atoms with Crippen LogP contribution in [0.2, 0.25) is 0 Å². The Hall–Kier alpha value is -2.18. The minimum atomic E-state index is -3.37. The number of rotatable bonds is 6. The summed E-state index contributed by atoms with van der Waals surface area (Å²) >= 11 is 0. The molecule has 1 aliphatic heterocycles. The van der Waals surface area contributed by atoms with Crippen LogP contribution < -0.4 is 5.32 Å². The van der Waals surface area contributed by atoms with Gasteiger partial charge >= 0.3 is 0 Å². The SMILES string of the molecule is Cc1ccc(CS(=O)(=O)N2CCC(C(=O)N[C@@H](C)c3ccc(C)cc3C)CC2)cc1. The number of piperidine rings is 1. The molecule has 1 amide bonds. The van der Waals surface area contributed by atoms with Crippen molar-refractivity contribution in [3.63, 3.8) is 0 Å². The van der Waals surface area contributed by atoms with Crippen molar-refractivity contribution in [2.24, 2.45) is 5.92 Å². The normalized spacial score (nSPS) is 16.9. The standard InChI is InChI=1S/C24H32N2O3S/c1-17-5-8-21(9-6-17)16-30(28,29)26-13-11-22(12-14-26)24(27)25-20(4)23-10-7-18(2)15-19(23)3/h5-10,15,20,22H,11-14,16H2,1-4H3,(H,25,27)/t20-/m0/s1. The van der Waals surface area contributed by atoms with Gasteiger partial charge in [0, 0.05) is 19.0 Å². The Balaban J connectivity index is 1.55. The van der Waals surface area contributed by atoms with Crippen molar-refractivity contribution in [2.75, 3.05) is 13.1 Å². The summed E-state index contributed by atoms with van der Waals surface area (Å²) in [6, 6.07) is 13.8. The average Bonchev–Trinajstić information content (AvgIpc) is 2.69. The third-order valence-corrected chi connectivity index (χ3v) is 7.79. The highest BCUT2D eigenvalue weighted by atomic mass is 32.2. The first kappa shape index (κ1) is 22.5. The maximum Gasteiger partial charge on any atom is 0.223 e. The summed E-state index contributed by atoms with van der Waals surface area (Å²) in [5.74, 6) is -0.129. The number of carbonyl (C=O) groups excluding carboxylic acids is 1. The second-order valence-electron chi connectivity index (χ2n) is 8.51. The van der Waals surface area contributed by atoms with Crippen LogP contribution >= 0.6 is 0 Å². The Morgan fingerprint density at radius 1 is 1.03 bits per heavy atom. The topological polar surface area (TPSA) is 66.5 Å². The number of carbonyl (C=O) groups is 1. The summed E-state index contributed by atoms with van der Waals surface area (Å²) in [6.45, 7) is 8.88. The molecule has 2 aromatic carbocycles. The highest BCUT2D eigenvalue weighted by molar-refractivity contribution is 7.88. The Morgan fingerprint density at radius 2 is 1.63 bits per heavy atom. The highest BCUT2D eigenvalue weighted by Crippen LogP contribution is 2.24. The molecule has 2 aromatic rings. The number of sulfonamides is 1. The van der Waals surface area contributed by atoms with E-state index in [1.165, 1.54) is 15.4 Å². The Bertz CT molecular complexity index is 992. The lowest BCUT2D eigenvalue weighted by atomic mass is 9.95. The smallest absolute Gasteiger partial charge is 0.223 e. The van der Waals surface area contributed by atoms with Gasteiger partial charge in [0.15, 0.2) is 0 Å². The third-order valence-electron chi connectivity index (χ3n) is 5.94. The fourth-order valence-corrected chi connectivity index (χ4v) is 5.67. The lowest BCUT2D eigenvalue weighted by Crippen LogP contribution is -2.43. The van der Waals surface area contributed by atoms with Crippen LogP contribution in [0.3, 0.4) is 0 Å². The molecule has 1 heterocycles. The van der Waals surface area contributed by atoms with Gasteiger partial charge in [0.25, 0.3) is 0 Å². The number of amides is 1. The molecule has 5 nitrogen and oxygen atoms in total. The van der Waals surface area contributed by atoms with Gasteiger partial charge < -0.3 is 5.32 Å². The molecule has 1 atom stereocenters. The zero-order valence-electron chi connectivity index (χ0n) is 18.3. The zero-order valence-corrected chi connectivity index (χ0v) is 19.1. The molecule has 1 N–H and O–H groups in total. The molecular weight excluding hydrogens is 396 g/mol. The van der Waals surface area contributed by atoms with Gasteiger partial charge in [-0.25, -0.2) is 12.7 Å². The molecular formula is C24H32N2O3S. The van der Waals surface area contributed by atoms with E-state index in [1.54, 1.807) is 0 Å². The number of hydrogen-bond donors (Lipinski definition) is 1. The summed E-state index contributed by atoms with van der Waals surface area (Å²) < 4.78 is 27.1. The van der Waals surface area contributed by atoms with E-state index in [1.807, 2.05) is 38.1 Å². The van der Waals surface area contributed by atoms with Crippen molar-refractivity contribution < 1.29 is 13.2 Å². The molecule has 0 aliphatic carbocycles. The van der Waals surface area contributed by atoms with Crippen LogP contribution in [-0.4, -0.2) is 31.7 Å². The molecule has 1 aliphatic rings. The predicted molar refractivity (Wildman–Crippen MR) is 121 cm³/mol. The van der Waals surface area contributed by atoms with Gasteiger partial charge in [-0.05, 0) is 57.2 Å². The Morgan fingerprint density at radius 3 is 2.23 bits per heavy atom. The molecule has 3 rings (SSSR count).